The number of rotatable bonds is 8. The van der Waals surface area contributed by atoms with Gasteiger partial charge in [-0.1, -0.05) is 12.1 Å². The standard InChI is InChI=1S/C18H23N3OS/c22-18-6-5-16(21(18)11-8-17-4-2-12-23-17)7-10-20-14-15-3-1-9-19-13-15/h1-4,9,12-13,16,20H,5-8,10-11,14H2. The van der Waals surface area contributed by atoms with Crippen LogP contribution >= 0.6 is 11.3 Å². The molecule has 0 spiro atoms. The second kappa shape index (κ2) is 8.22. The summed E-state index contributed by atoms with van der Waals surface area (Å²) in [4.78, 5) is 19.7. The monoisotopic (exact) mass is 329 g/mol. The minimum absolute atomic E-state index is 0.318. The number of carbonyl (C=O) groups excluding carboxylic acids is 1. The van der Waals surface area contributed by atoms with Gasteiger partial charge in [0.2, 0.25) is 5.91 Å². The van der Waals surface area contributed by atoms with Crippen molar-refractivity contribution >= 4 is 17.2 Å². The summed E-state index contributed by atoms with van der Waals surface area (Å²) in [6, 6.07) is 8.65. The van der Waals surface area contributed by atoms with Crippen molar-refractivity contribution in [1.29, 1.82) is 0 Å². The summed E-state index contributed by atoms with van der Waals surface area (Å²) in [6.07, 6.45) is 7.38. The molecule has 2 aromatic heterocycles. The van der Waals surface area contributed by atoms with E-state index in [2.05, 4.69) is 38.8 Å². The van der Waals surface area contributed by atoms with Crippen molar-refractivity contribution in [3.05, 3.63) is 52.5 Å². The van der Waals surface area contributed by atoms with Crippen LogP contribution in [0.2, 0.25) is 0 Å². The van der Waals surface area contributed by atoms with E-state index in [1.54, 1.807) is 17.5 Å². The Morgan fingerprint density at radius 3 is 3.09 bits per heavy atom. The maximum absolute atomic E-state index is 12.1. The van der Waals surface area contributed by atoms with Gasteiger partial charge in [0.15, 0.2) is 0 Å². The highest BCUT2D eigenvalue weighted by atomic mass is 32.1. The fourth-order valence-electron chi connectivity index (χ4n) is 3.09. The van der Waals surface area contributed by atoms with Crippen LogP contribution < -0.4 is 5.32 Å². The van der Waals surface area contributed by atoms with E-state index in [4.69, 9.17) is 0 Å². The molecule has 1 atom stereocenters. The lowest BCUT2D eigenvalue weighted by Crippen LogP contribution is -2.36. The first-order valence-electron chi connectivity index (χ1n) is 8.24. The second-order valence-electron chi connectivity index (χ2n) is 5.94. The molecule has 0 saturated carbocycles. The molecule has 0 aromatic carbocycles. The zero-order chi connectivity index (χ0) is 15.9. The summed E-state index contributed by atoms with van der Waals surface area (Å²) in [6.45, 7) is 2.62. The molecule has 5 heteroatoms. The van der Waals surface area contributed by atoms with Gasteiger partial charge < -0.3 is 10.2 Å². The first-order valence-corrected chi connectivity index (χ1v) is 9.12. The molecule has 2 aromatic rings. The van der Waals surface area contributed by atoms with Gasteiger partial charge in [-0.25, -0.2) is 0 Å². The quantitative estimate of drug-likeness (QED) is 0.758. The molecule has 1 aliphatic heterocycles. The van der Waals surface area contributed by atoms with Crippen LogP contribution in [-0.2, 0) is 17.8 Å². The molecular weight excluding hydrogens is 306 g/mol. The highest BCUT2D eigenvalue weighted by molar-refractivity contribution is 7.09. The topological polar surface area (TPSA) is 45.2 Å². The third-order valence-corrected chi connectivity index (χ3v) is 5.27. The number of amides is 1. The van der Waals surface area contributed by atoms with Crippen LogP contribution in [0.4, 0.5) is 0 Å². The van der Waals surface area contributed by atoms with Crippen LogP contribution in [0.5, 0.6) is 0 Å². The predicted molar refractivity (Wildman–Crippen MR) is 93.3 cm³/mol. The predicted octanol–water partition coefficient (Wildman–Crippen LogP) is 2.86. The van der Waals surface area contributed by atoms with Crippen molar-refractivity contribution < 1.29 is 4.79 Å². The average molecular weight is 329 g/mol. The Balaban J connectivity index is 1.41. The van der Waals surface area contributed by atoms with Crippen molar-refractivity contribution in [3.63, 3.8) is 0 Å². The van der Waals surface area contributed by atoms with Crippen LogP contribution in [0.1, 0.15) is 29.7 Å². The molecule has 1 amide bonds. The molecule has 0 bridgehead atoms. The number of nitrogens with zero attached hydrogens (tertiary/aromatic N) is 2. The number of nitrogens with one attached hydrogen (secondary N) is 1. The van der Waals surface area contributed by atoms with Crippen LogP contribution in [0.3, 0.4) is 0 Å². The van der Waals surface area contributed by atoms with E-state index in [1.165, 1.54) is 10.4 Å². The smallest absolute Gasteiger partial charge is 0.222 e. The zero-order valence-electron chi connectivity index (χ0n) is 13.3. The summed E-state index contributed by atoms with van der Waals surface area (Å²) in [5.41, 5.74) is 1.20. The van der Waals surface area contributed by atoms with E-state index in [0.29, 0.717) is 18.4 Å². The molecular formula is C18H23N3OS. The van der Waals surface area contributed by atoms with E-state index in [0.717, 1.165) is 38.9 Å². The summed E-state index contributed by atoms with van der Waals surface area (Å²) in [5.74, 6) is 0.318. The number of thiophene rings is 1. The van der Waals surface area contributed by atoms with Gasteiger partial charge in [0.1, 0.15) is 0 Å². The third-order valence-electron chi connectivity index (χ3n) is 4.34. The maximum Gasteiger partial charge on any atom is 0.222 e. The number of hydrogen-bond acceptors (Lipinski definition) is 4. The van der Waals surface area contributed by atoms with Crippen molar-refractivity contribution in [2.75, 3.05) is 13.1 Å². The van der Waals surface area contributed by atoms with Gasteiger partial charge in [0, 0.05) is 42.8 Å². The number of hydrogen-bond donors (Lipinski definition) is 1. The summed E-state index contributed by atoms with van der Waals surface area (Å²) in [7, 11) is 0. The van der Waals surface area contributed by atoms with Crippen LogP contribution in [-0.4, -0.2) is 34.9 Å². The Hall–Kier alpha value is -1.72. The molecule has 122 valence electrons. The fraction of sp³-hybridized carbons (Fsp3) is 0.444. The molecule has 1 fully saturated rings. The molecule has 0 radical (unpaired) electrons. The minimum atomic E-state index is 0.318. The maximum atomic E-state index is 12.1. The zero-order valence-corrected chi connectivity index (χ0v) is 14.1. The van der Waals surface area contributed by atoms with E-state index < -0.39 is 0 Å². The normalized spacial score (nSPS) is 17.8. The molecule has 1 saturated heterocycles. The highest BCUT2D eigenvalue weighted by Crippen LogP contribution is 2.22. The van der Waals surface area contributed by atoms with Crippen molar-refractivity contribution in [1.82, 2.24) is 15.2 Å². The summed E-state index contributed by atoms with van der Waals surface area (Å²) in [5, 5.41) is 5.56. The van der Waals surface area contributed by atoms with Crippen LogP contribution in [0.25, 0.3) is 0 Å². The number of likely N-dealkylation sites (tertiary alicyclic amines) is 1. The second-order valence-corrected chi connectivity index (χ2v) is 6.97. The lowest BCUT2D eigenvalue weighted by Gasteiger charge is -2.24. The third kappa shape index (κ3) is 4.62. The van der Waals surface area contributed by atoms with E-state index in [-0.39, 0.29) is 0 Å². The molecule has 1 unspecified atom stereocenters. The van der Waals surface area contributed by atoms with Crippen molar-refractivity contribution in [3.8, 4) is 0 Å². The fourth-order valence-corrected chi connectivity index (χ4v) is 3.79. The van der Waals surface area contributed by atoms with Crippen molar-refractivity contribution in [2.45, 2.75) is 38.3 Å². The van der Waals surface area contributed by atoms with Gasteiger partial charge in [0.25, 0.3) is 0 Å². The first-order chi connectivity index (χ1) is 11.3. The molecule has 0 aliphatic carbocycles. The lowest BCUT2D eigenvalue weighted by molar-refractivity contribution is -0.128. The SMILES string of the molecule is O=C1CCC(CCNCc2cccnc2)N1CCc1cccs1. The van der Waals surface area contributed by atoms with Crippen LogP contribution in [0.15, 0.2) is 42.0 Å². The summed E-state index contributed by atoms with van der Waals surface area (Å²) >= 11 is 1.77. The van der Waals surface area contributed by atoms with Gasteiger partial charge in [0.05, 0.1) is 0 Å². The van der Waals surface area contributed by atoms with Gasteiger partial charge in [-0.3, -0.25) is 9.78 Å². The largest absolute Gasteiger partial charge is 0.339 e. The molecule has 4 nitrogen and oxygen atoms in total. The Morgan fingerprint density at radius 2 is 2.30 bits per heavy atom. The van der Waals surface area contributed by atoms with E-state index in [9.17, 15) is 4.79 Å². The van der Waals surface area contributed by atoms with Crippen LogP contribution in [0, 0.1) is 0 Å². The van der Waals surface area contributed by atoms with E-state index >= 15 is 0 Å². The van der Waals surface area contributed by atoms with E-state index in [1.807, 2.05) is 12.3 Å². The lowest BCUT2D eigenvalue weighted by atomic mass is 10.1. The molecule has 1 N–H and O–H groups in total. The summed E-state index contributed by atoms with van der Waals surface area (Å²) < 4.78 is 0. The van der Waals surface area contributed by atoms with Gasteiger partial charge in [-0.15, -0.1) is 11.3 Å². The van der Waals surface area contributed by atoms with Gasteiger partial charge >= 0.3 is 0 Å². The number of pyridine rings is 1. The number of carbonyl (C=O) groups is 1. The first kappa shape index (κ1) is 16.1. The van der Waals surface area contributed by atoms with Gasteiger partial charge in [-0.2, -0.15) is 0 Å². The van der Waals surface area contributed by atoms with Gasteiger partial charge in [-0.05, 0) is 48.9 Å². The molecule has 3 heterocycles. The Labute approximate surface area is 141 Å². The highest BCUT2D eigenvalue weighted by Gasteiger charge is 2.29. The minimum Gasteiger partial charge on any atom is -0.339 e. The Morgan fingerprint density at radius 1 is 1.35 bits per heavy atom. The Bertz CT molecular complexity index is 600. The molecule has 3 rings (SSSR count). The number of aromatic nitrogens is 1. The Kier molecular flexibility index (Phi) is 5.77. The molecule has 23 heavy (non-hydrogen) atoms. The van der Waals surface area contributed by atoms with Crippen molar-refractivity contribution in [2.24, 2.45) is 0 Å². The average Bonchev–Trinajstić information content (AvgIpc) is 3.21. The molecule has 1 aliphatic rings.